The Kier molecular flexibility index (Phi) is 4.15. The van der Waals surface area contributed by atoms with Gasteiger partial charge in [0.1, 0.15) is 11.6 Å². The van der Waals surface area contributed by atoms with E-state index in [1.807, 2.05) is 24.3 Å². The maximum atomic E-state index is 13.4. The minimum absolute atomic E-state index is 0.335. The zero-order chi connectivity index (χ0) is 14.7. The Morgan fingerprint density at radius 1 is 1.29 bits per heavy atom. The Labute approximate surface area is 124 Å². The molecule has 1 fully saturated rings. The topological polar surface area (TPSA) is 34.1 Å². The highest BCUT2D eigenvalue weighted by molar-refractivity contribution is 5.38. The minimum atomic E-state index is -0.335. The molecular formula is C17H19FN2O. The average molecular weight is 286 g/mol. The lowest BCUT2D eigenvalue weighted by molar-refractivity contribution is 0.443. The zero-order valence-corrected chi connectivity index (χ0v) is 12.1. The summed E-state index contributed by atoms with van der Waals surface area (Å²) in [4.78, 5) is 4.11. The number of nitrogens with one attached hydrogen (secondary N) is 1. The third-order valence-electron chi connectivity index (χ3n) is 3.61. The molecule has 1 N–H and O–H groups in total. The first-order valence-corrected chi connectivity index (χ1v) is 7.40. The molecule has 1 aliphatic rings. The normalized spacial score (nSPS) is 14.2. The quantitative estimate of drug-likeness (QED) is 0.876. The van der Waals surface area contributed by atoms with Crippen LogP contribution in [0.1, 0.15) is 30.9 Å². The molecule has 4 heteroatoms. The molecule has 2 aromatic rings. The number of hydrogen-bond acceptors (Lipinski definition) is 3. The molecular weight excluding hydrogens is 267 g/mol. The van der Waals surface area contributed by atoms with Gasteiger partial charge in [-0.15, -0.1) is 0 Å². The Balaban J connectivity index is 1.82. The molecule has 1 aromatic heterocycles. The van der Waals surface area contributed by atoms with Crippen LogP contribution in [0.25, 0.3) is 0 Å². The van der Waals surface area contributed by atoms with E-state index in [0.29, 0.717) is 18.5 Å². The van der Waals surface area contributed by atoms with Crippen LogP contribution < -0.4 is 10.1 Å². The summed E-state index contributed by atoms with van der Waals surface area (Å²) in [5.41, 5.74) is 1.87. The number of halogens is 1. The van der Waals surface area contributed by atoms with E-state index in [-0.39, 0.29) is 5.82 Å². The second kappa shape index (κ2) is 6.22. The Morgan fingerprint density at radius 3 is 2.86 bits per heavy atom. The summed E-state index contributed by atoms with van der Waals surface area (Å²) in [6.07, 6.45) is 4.47. The summed E-state index contributed by atoms with van der Waals surface area (Å²) in [6, 6.07) is 9.92. The molecule has 0 amide bonds. The van der Waals surface area contributed by atoms with Crippen LogP contribution in [-0.4, -0.2) is 11.0 Å². The number of para-hydroxylation sites is 1. The highest BCUT2D eigenvalue weighted by Crippen LogP contribution is 2.28. The molecule has 1 saturated carbocycles. The molecule has 110 valence electrons. The number of aryl methyl sites for hydroxylation is 1. The number of benzene rings is 1. The van der Waals surface area contributed by atoms with E-state index in [1.54, 1.807) is 0 Å². The first-order chi connectivity index (χ1) is 10.3. The van der Waals surface area contributed by atoms with Gasteiger partial charge in [-0.1, -0.05) is 25.1 Å². The van der Waals surface area contributed by atoms with Gasteiger partial charge in [-0.2, -0.15) is 0 Å². The van der Waals surface area contributed by atoms with Crippen molar-refractivity contribution in [2.24, 2.45) is 0 Å². The number of aromatic nitrogens is 1. The smallest absolute Gasteiger partial charge is 0.223 e. The maximum absolute atomic E-state index is 13.4. The van der Waals surface area contributed by atoms with E-state index in [4.69, 9.17) is 4.74 Å². The van der Waals surface area contributed by atoms with Gasteiger partial charge in [0.25, 0.3) is 0 Å². The molecule has 1 aliphatic carbocycles. The van der Waals surface area contributed by atoms with Crippen molar-refractivity contribution in [3.63, 3.8) is 0 Å². The van der Waals surface area contributed by atoms with Crippen LogP contribution in [0, 0.1) is 5.82 Å². The molecule has 0 unspecified atom stereocenters. The number of ether oxygens (including phenoxy) is 1. The van der Waals surface area contributed by atoms with Gasteiger partial charge in [-0.05, 0) is 37.0 Å². The predicted molar refractivity (Wildman–Crippen MR) is 80.0 cm³/mol. The van der Waals surface area contributed by atoms with Gasteiger partial charge in [-0.25, -0.2) is 9.37 Å². The molecule has 1 aromatic carbocycles. The van der Waals surface area contributed by atoms with E-state index in [0.717, 1.165) is 23.3 Å². The van der Waals surface area contributed by atoms with Crippen LogP contribution in [-0.2, 0) is 13.0 Å². The summed E-state index contributed by atoms with van der Waals surface area (Å²) in [5, 5.41) is 3.37. The fourth-order valence-electron chi connectivity index (χ4n) is 2.23. The molecule has 0 spiro atoms. The standard InChI is InChI=1S/C17H19FN2O/c1-2-12-5-3-4-6-16(12)21-17-13(9-14(18)11-20-17)10-19-15-7-8-15/h3-6,9,11,15,19H,2,7-8,10H2,1H3. The lowest BCUT2D eigenvalue weighted by Crippen LogP contribution is -2.16. The zero-order valence-electron chi connectivity index (χ0n) is 12.1. The van der Waals surface area contributed by atoms with Gasteiger partial charge in [0.05, 0.1) is 6.20 Å². The lowest BCUT2D eigenvalue weighted by atomic mass is 10.1. The SMILES string of the molecule is CCc1ccccc1Oc1ncc(F)cc1CNC1CC1. The summed E-state index contributed by atoms with van der Waals surface area (Å²) in [5.74, 6) is 0.927. The molecule has 0 saturated heterocycles. The van der Waals surface area contributed by atoms with Crippen molar-refractivity contribution < 1.29 is 9.13 Å². The predicted octanol–water partition coefficient (Wildman–Crippen LogP) is 3.83. The van der Waals surface area contributed by atoms with Crippen LogP contribution in [0.4, 0.5) is 4.39 Å². The van der Waals surface area contributed by atoms with Crippen molar-refractivity contribution in [1.82, 2.24) is 10.3 Å². The fourth-order valence-corrected chi connectivity index (χ4v) is 2.23. The third-order valence-corrected chi connectivity index (χ3v) is 3.61. The van der Waals surface area contributed by atoms with Crippen LogP contribution in [0.5, 0.6) is 11.6 Å². The number of pyridine rings is 1. The largest absolute Gasteiger partial charge is 0.438 e. The van der Waals surface area contributed by atoms with Crippen LogP contribution in [0.2, 0.25) is 0 Å². The van der Waals surface area contributed by atoms with E-state index < -0.39 is 0 Å². The van der Waals surface area contributed by atoms with E-state index in [2.05, 4.69) is 17.2 Å². The molecule has 3 nitrogen and oxygen atoms in total. The molecule has 0 radical (unpaired) electrons. The third kappa shape index (κ3) is 3.58. The first-order valence-electron chi connectivity index (χ1n) is 7.40. The van der Waals surface area contributed by atoms with Crippen molar-refractivity contribution in [2.75, 3.05) is 0 Å². The molecule has 21 heavy (non-hydrogen) atoms. The highest BCUT2D eigenvalue weighted by atomic mass is 19.1. The van der Waals surface area contributed by atoms with Gasteiger partial charge >= 0.3 is 0 Å². The van der Waals surface area contributed by atoms with Gasteiger partial charge in [0.2, 0.25) is 5.88 Å². The molecule has 1 heterocycles. The Hall–Kier alpha value is -1.94. The lowest BCUT2D eigenvalue weighted by Gasteiger charge is -2.13. The number of hydrogen-bond donors (Lipinski definition) is 1. The van der Waals surface area contributed by atoms with Crippen molar-refractivity contribution in [1.29, 1.82) is 0 Å². The van der Waals surface area contributed by atoms with Crippen molar-refractivity contribution in [3.8, 4) is 11.6 Å². The van der Waals surface area contributed by atoms with Gasteiger partial charge in [0.15, 0.2) is 0 Å². The second-order valence-corrected chi connectivity index (χ2v) is 5.34. The molecule has 0 atom stereocenters. The minimum Gasteiger partial charge on any atom is -0.438 e. The van der Waals surface area contributed by atoms with E-state index in [1.165, 1.54) is 25.1 Å². The van der Waals surface area contributed by atoms with E-state index >= 15 is 0 Å². The fraction of sp³-hybridized carbons (Fsp3) is 0.353. The monoisotopic (exact) mass is 286 g/mol. The number of rotatable bonds is 6. The van der Waals surface area contributed by atoms with Crippen molar-refractivity contribution in [3.05, 3.63) is 53.5 Å². The Bertz CT molecular complexity index is 626. The molecule has 0 aliphatic heterocycles. The van der Waals surface area contributed by atoms with Crippen LogP contribution in [0.3, 0.4) is 0 Å². The van der Waals surface area contributed by atoms with Crippen molar-refractivity contribution in [2.45, 2.75) is 38.8 Å². The molecule has 0 bridgehead atoms. The maximum Gasteiger partial charge on any atom is 0.223 e. The summed E-state index contributed by atoms with van der Waals surface area (Å²) in [7, 11) is 0. The van der Waals surface area contributed by atoms with E-state index in [9.17, 15) is 4.39 Å². The summed E-state index contributed by atoms with van der Waals surface area (Å²) >= 11 is 0. The second-order valence-electron chi connectivity index (χ2n) is 5.34. The first kappa shape index (κ1) is 14.0. The summed E-state index contributed by atoms with van der Waals surface area (Å²) < 4.78 is 19.3. The van der Waals surface area contributed by atoms with Crippen LogP contribution in [0.15, 0.2) is 36.5 Å². The highest BCUT2D eigenvalue weighted by Gasteiger charge is 2.21. The van der Waals surface area contributed by atoms with Gasteiger partial charge < -0.3 is 10.1 Å². The summed E-state index contributed by atoms with van der Waals surface area (Å²) in [6.45, 7) is 2.66. The number of nitrogens with zero attached hydrogens (tertiary/aromatic N) is 1. The van der Waals surface area contributed by atoms with Gasteiger partial charge in [0, 0.05) is 18.2 Å². The van der Waals surface area contributed by atoms with Crippen LogP contribution >= 0.6 is 0 Å². The average Bonchev–Trinajstić information content (AvgIpc) is 3.32. The molecule has 3 rings (SSSR count). The van der Waals surface area contributed by atoms with Gasteiger partial charge in [-0.3, -0.25) is 0 Å². The Morgan fingerprint density at radius 2 is 2.10 bits per heavy atom. The van der Waals surface area contributed by atoms with Crippen molar-refractivity contribution >= 4 is 0 Å².